The summed E-state index contributed by atoms with van der Waals surface area (Å²) in [7, 11) is 0. The Morgan fingerprint density at radius 2 is 2.42 bits per heavy atom. The number of halogens is 1. The lowest BCUT2D eigenvalue weighted by molar-refractivity contribution is 0.656. The Morgan fingerprint density at radius 3 is 2.92 bits per heavy atom. The fourth-order valence-electron chi connectivity index (χ4n) is 1.65. The minimum absolute atomic E-state index is 0. The third-order valence-corrected chi connectivity index (χ3v) is 3.41. The molecule has 0 aliphatic carbocycles. The number of hydrogen-bond donors (Lipinski definition) is 1. The van der Waals surface area contributed by atoms with Crippen molar-refractivity contribution in [2.24, 2.45) is 0 Å². The maximum atomic E-state index is 3.51. The number of aryl methyl sites for hydroxylation is 1. The Labute approximate surface area is 83.6 Å². The lowest BCUT2D eigenvalue weighted by Gasteiger charge is -2.07. The van der Waals surface area contributed by atoms with E-state index in [1.54, 1.807) is 4.88 Å². The Morgan fingerprint density at radius 1 is 1.58 bits per heavy atom. The molecule has 0 unspecified atom stereocenters. The summed E-state index contributed by atoms with van der Waals surface area (Å²) >= 11 is 1.88. The molecule has 1 N–H and O–H groups in total. The van der Waals surface area contributed by atoms with Crippen LogP contribution in [0.1, 0.15) is 29.3 Å². The molecule has 1 aliphatic heterocycles. The van der Waals surface area contributed by atoms with Crippen LogP contribution in [0, 0.1) is 6.92 Å². The molecule has 1 fully saturated rings. The second-order valence-electron chi connectivity index (χ2n) is 3.12. The first-order valence-corrected chi connectivity index (χ1v) is 5.03. The van der Waals surface area contributed by atoms with Crippen molar-refractivity contribution in [3.63, 3.8) is 0 Å². The van der Waals surface area contributed by atoms with Crippen molar-refractivity contribution in [3.05, 3.63) is 21.9 Å². The minimum atomic E-state index is 0. The summed E-state index contributed by atoms with van der Waals surface area (Å²) in [5, 5.41) is 5.70. The highest BCUT2D eigenvalue weighted by Crippen LogP contribution is 2.29. The predicted octanol–water partition coefficient (Wildman–Crippen LogP) is 2.90. The first kappa shape index (κ1) is 10.0. The molecular formula is C9H14ClNS. The van der Waals surface area contributed by atoms with Gasteiger partial charge in [0.05, 0.1) is 0 Å². The summed E-state index contributed by atoms with van der Waals surface area (Å²) in [6, 6.07) is 2.87. The standard InChI is InChI=1S/C9H13NS.ClH/c1-7-4-6-11-9(7)8-3-2-5-10-8;/h4,6,8,10H,2-3,5H2,1H3;1H/t8-;/m1./s1. The monoisotopic (exact) mass is 203 g/mol. The molecule has 0 aromatic carbocycles. The van der Waals surface area contributed by atoms with Gasteiger partial charge in [0, 0.05) is 10.9 Å². The molecule has 68 valence electrons. The van der Waals surface area contributed by atoms with Crippen LogP contribution in [-0.2, 0) is 0 Å². The summed E-state index contributed by atoms with van der Waals surface area (Å²) < 4.78 is 0. The highest BCUT2D eigenvalue weighted by atomic mass is 35.5. The van der Waals surface area contributed by atoms with Crippen LogP contribution in [0.5, 0.6) is 0 Å². The molecule has 3 heteroatoms. The number of thiophene rings is 1. The van der Waals surface area contributed by atoms with E-state index in [9.17, 15) is 0 Å². The first-order valence-electron chi connectivity index (χ1n) is 4.15. The lowest BCUT2D eigenvalue weighted by atomic mass is 10.1. The van der Waals surface area contributed by atoms with E-state index >= 15 is 0 Å². The molecule has 1 nitrogen and oxygen atoms in total. The van der Waals surface area contributed by atoms with Crippen molar-refractivity contribution < 1.29 is 0 Å². The van der Waals surface area contributed by atoms with Crippen LogP contribution in [0.25, 0.3) is 0 Å². The molecule has 1 aromatic heterocycles. The zero-order valence-electron chi connectivity index (χ0n) is 7.17. The van der Waals surface area contributed by atoms with Gasteiger partial charge < -0.3 is 5.32 Å². The van der Waals surface area contributed by atoms with Crippen molar-refractivity contribution >= 4 is 23.7 Å². The smallest absolute Gasteiger partial charge is 0.0417 e. The largest absolute Gasteiger partial charge is 0.309 e. The molecule has 0 spiro atoms. The highest BCUT2D eigenvalue weighted by molar-refractivity contribution is 7.10. The van der Waals surface area contributed by atoms with Gasteiger partial charge in [-0.25, -0.2) is 0 Å². The van der Waals surface area contributed by atoms with Crippen LogP contribution in [0.3, 0.4) is 0 Å². The predicted molar refractivity (Wildman–Crippen MR) is 56.3 cm³/mol. The molecule has 1 aromatic rings. The second kappa shape index (κ2) is 4.26. The Kier molecular flexibility index (Phi) is 3.56. The van der Waals surface area contributed by atoms with Gasteiger partial charge in [-0.1, -0.05) is 0 Å². The highest BCUT2D eigenvalue weighted by Gasteiger charge is 2.18. The van der Waals surface area contributed by atoms with E-state index in [1.807, 2.05) is 11.3 Å². The second-order valence-corrected chi connectivity index (χ2v) is 4.06. The molecule has 1 atom stereocenters. The van der Waals surface area contributed by atoms with Gasteiger partial charge in [-0.2, -0.15) is 0 Å². The minimum Gasteiger partial charge on any atom is -0.309 e. The van der Waals surface area contributed by atoms with Crippen molar-refractivity contribution in [1.29, 1.82) is 0 Å². The van der Waals surface area contributed by atoms with Crippen LogP contribution >= 0.6 is 23.7 Å². The van der Waals surface area contributed by atoms with Crippen LogP contribution < -0.4 is 5.32 Å². The van der Waals surface area contributed by atoms with Gasteiger partial charge in [-0.15, -0.1) is 23.7 Å². The summed E-state index contributed by atoms with van der Waals surface area (Å²) in [6.07, 6.45) is 2.66. The quantitative estimate of drug-likeness (QED) is 0.740. The number of nitrogens with one attached hydrogen (secondary N) is 1. The Bertz CT molecular complexity index is 240. The first-order chi connectivity index (χ1) is 5.38. The average molecular weight is 204 g/mol. The van der Waals surface area contributed by atoms with Crippen LogP contribution in [0.4, 0.5) is 0 Å². The van der Waals surface area contributed by atoms with E-state index in [1.165, 1.54) is 24.9 Å². The van der Waals surface area contributed by atoms with Crippen molar-refractivity contribution in [3.8, 4) is 0 Å². The zero-order valence-corrected chi connectivity index (χ0v) is 8.80. The molecule has 1 saturated heterocycles. The van der Waals surface area contributed by atoms with Crippen molar-refractivity contribution in [2.45, 2.75) is 25.8 Å². The van der Waals surface area contributed by atoms with Gasteiger partial charge in [-0.05, 0) is 43.3 Å². The molecule has 2 heterocycles. The van der Waals surface area contributed by atoms with Crippen LogP contribution in [0.15, 0.2) is 11.4 Å². The van der Waals surface area contributed by atoms with Gasteiger partial charge in [0.25, 0.3) is 0 Å². The van der Waals surface area contributed by atoms with E-state index < -0.39 is 0 Å². The van der Waals surface area contributed by atoms with E-state index in [2.05, 4.69) is 23.7 Å². The fraction of sp³-hybridized carbons (Fsp3) is 0.556. The molecule has 0 bridgehead atoms. The van der Waals surface area contributed by atoms with Crippen LogP contribution in [0.2, 0.25) is 0 Å². The summed E-state index contributed by atoms with van der Waals surface area (Å²) in [5.41, 5.74) is 1.45. The molecule has 2 rings (SSSR count). The fourth-order valence-corrected chi connectivity index (χ4v) is 2.69. The molecular weight excluding hydrogens is 190 g/mol. The molecule has 12 heavy (non-hydrogen) atoms. The number of rotatable bonds is 1. The molecule has 0 amide bonds. The normalized spacial score (nSPS) is 22.2. The van der Waals surface area contributed by atoms with E-state index in [0.717, 1.165) is 0 Å². The third-order valence-electron chi connectivity index (χ3n) is 2.28. The van der Waals surface area contributed by atoms with Gasteiger partial charge in [0.2, 0.25) is 0 Å². The van der Waals surface area contributed by atoms with Gasteiger partial charge in [0.15, 0.2) is 0 Å². The molecule has 1 aliphatic rings. The van der Waals surface area contributed by atoms with Crippen LogP contribution in [-0.4, -0.2) is 6.54 Å². The average Bonchev–Trinajstić information content (AvgIpc) is 2.55. The third kappa shape index (κ3) is 1.82. The van der Waals surface area contributed by atoms with E-state index in [-0.39, 0.29) is 12.4 Å². The van der Waals surface area contributed by atoms with Gasteiger partial charge in [0.1, 0.15) is 0 Å². The van der Waals surface area contributed by atoms with Gasteiger partial charge >= 0.3 is 0 Å². The topological polar surface area (TPSA) is 12.0 Å². The summed E-state index contributed by atoms with van der Waals surface area (Å²) in [6.45, 7) is 3.40. The Balaban J connectivity index is 0.000000720. The number of hydrogen-bond acceptors (Lipinski definition) is 2. The zero-order chi connectivity index (χ0) is 7.68. The maximum absolute atomic E-state index is 3.51. The lowest BCUT2D eigenvalue weighted by Crippen LogP contribution is -2.12. The van der Waals surface area contributed by atoms with Crippen molar-refractivity contribution in [2.75, 3.05) is 6.54 Å². The van der Waals surface area contributed by atoms with Crippen molar-refractivity contribution in [1.82, 2.24) is 5.32 Å². The molecule has 0 saturated carbocycles. The van der Waals surface area contributed by atoms with Gasteiger partial charge in [-0.3, -0.25) is 0 Å². The summed E-state index contributed by atoms with van der Waals surface area (Å²) in [5.74, 6) is 0. The van der Waals surface area contributed by atoms with E-state index in [0.29, 0.717) is 6.04 Å². The summed E-state index contributed by atoms with van der Waals surface area (Å²) in [4.78, 5) is 1.54. The Hall–Kier alpha value is -0.0500. The van der Waals surface area contributed by atoms with E-state index in [4.69, 9.17) is 0 Å². The SMILES string of the molecule is Cc1ccsc1[C@H]1CCCN1.Cl. The maximum Gasteiger partial charge on any atom is 0.0417 e. The molecule has 0 radical (unpaired) electrons.